The van der Waals surface area contributed by atoms with Gasteiger partial charge >= 0.3 is 0 Å². The third kappa shape index (κ3) is 4.83. The highest BCUT2D eigenvalue weighted by atomic mass is 32.2. The molecule has 140 valence electrons. The fourth-order valence-electron chi connectivity index (χ4n) is 2.38. The minimum absolute atomic E-state index is 0.184. The quantitative estimate of drug-likeness (QED) is 0.804. The van der Waals surface area contributed by atoms with Crippen molar-refractivity contribution in [3.05, 3.63) is 59.2 Å². The fraction of sp³-hybridized carbons (Fsp3) is 0.316. The maximum absolute atomic E-state index is 12.6. The van der Waals surface area contributed by atoms with E-state index in [0.29, 0.717) is 12.3 Å². The molecule has 0 aliphatic heterocycles. The van der Waals surface area contributed by atoms with Crippen LogP contribution in [0, 0.1) is 13.8 Å². The van der Waals surface area contributed by atoms with Gasteiger partial charge in [-0.3, -0.25) is 4.79 Å². The molecule has 2 aromatic carbocycles. The number of aryl methyl sites for hydroxylation is 2. The van der Waals surface area contributed by atoms with E-state index in [-0.39, 0.29) is 17.3 Å². The number of amides is 1. The van der Waals surface area contributed by atoms with E-state index in [1.54, 1.807) is 25.3 Å². The van der Waals surface area contributed by atoms with Crippen molar-refractivity contribution < 1.29 is 17.9 Å². The van der Waals surface area contributed by atoms with Gasteiger partial charge in [-0.25, -0.2) is 8.42 Å². The summed E-state index contributed by atoms with van der Waals surface area (Å²) in [5.74, 6) is 0.328. The van der Waals surface area contributed by atoms with E-state index < -0.39 is 10.0 Å². The summed E-state index contributed by atoms with van der Waals surface area (Å²) in [4.78, 5) is 12.3. The van der Waals surface area contributed by atoms with Gasteiger partial charge in [0, 0.05) is 13.6 Å². The Balaban J connectivity index is 1.99. The van der Waals surface area contributed by atoms with Gasteiger partial charge in [-0.05, 0) is 54.8 Å². The predicted octanol–water partition coefficient (Wildman–Crippen LogP) is 2.25. The van der Waals surface area contributed by atoms with E-state index in [1.165, 1.54) is 7.05 Å². The molecule has 6 nitrogen and oxygen atoms in total. The Morgan fingerprint density at radius 2 is 1.85 bits per heavy atom. The molecule has 2 aromatic rings. The number of hydrogen-bond acceptors (Lipinski definition) is 4. The van der Waals surface area contributed by atoms with Crippen molar-refractivity contribution in [2.45, 2.75) is 25.3 Å². The van der Waals surface area contributed by atoms with Crippen LogP contribution in [0.15, 0.2) is 47.4 Å². The van der Waals surface area contributed by atoms with Crippen LogP contribution in [0.5, 0.6) is 5.75 Å². The van der Waals surface area contributed by atoms with Crippen molar-refractivity contribution in [2.24, 2.45) is 0 Å². The molecule has 1 amide bonds. The molecule has 2 rings (SSSR count). The third-order valence-corrected chi connectivity index (χ3v) is 5.98. The van der Waals surface area contributed by atoms with Gasteiger partial charge < -0.3 is 10.1 Å². The number of rotatable bonds is 7. The molecule has 0 unspecified atom stereocenters. The summed E-state index contributed by atoms with van der Waals surface area (Å²) in [5, 5.41) is 2.72. The van der Waals surface area contributed by atoms with Gasteiger partial charge in [0.25, 0.3) is 0 Å². The van der Waals surface area contributed by atoms with Crippen LogP contribution in [0.1, 0.15) is 16.7 Å². The second kappa shape index (κ2) is 8.33. The number of benzene rings is 2. The summed E-state index contributed by atoms with van der Waals surface area (Å²) in [5.41, 5.74) is 2.78. The molecule has 1 N–H and O–H groups in total. The Morgan fingerprint density at radius 3 is 2.50 bits per heavy atom. The lowest BCUT2D eigenvalue weighted by Gasteiger charge is -2.17. The number of methoxy groups -OCH3 is 1. The number of sulfonamides is 1. The maximum Gasteiger partial charge on any atom is 0.243 e. The molecule has 0 saturated carbocycles. The normalized spacial score (nSPS) is 11.4. The van der Waals surface area contributed by atoms with Crippen LogP contribution in [0.3, 0.4) is 0 Å². The van der Waals surface area contributed by atoms with Gasteiger partial charge in [0.05, 0.1) is 18.6 Å². The highest BCUT2D eigenvalue weighted by Gasteiger charge is 2.23. The maximum atomic E-state index is 12.6. The summed E-state index contributed by atoms with van der Waals surface area (Å²) in [6.07, 6.45) is 0. The third-order valence-electron chi connectivity index (χ3n) is 4.18. The zero-order valence-corrected chi connectivity index (χ0v) is 16.3. The smallest absolute Gasteiger partial charge is 0.243 e. The van der Waals surface area contributed by atoms with Crippen LogP contribution in [0.2, 0.25) is 0 Å². The van der Waals surface area contributed by atoms with Crippen LogP contribution in [0.4, 0.5) is 0 Å². The summed E-state index contributed by atoms with van der Waals surface area (Å²) >= 11 is 0. The van der Waals surface area contributed by atoms with Gasteiger partial charge in [0.1, 0.15) is 5.75 Å². The van der Waals surface area contributed by atoms with Crippen molar-refractivity contribution >= 4 is 15.9 Å². The van der Waals surface area contributed by atoms with Crippen molar-refractivity contribution in [3.63, 3.8) is 0 Å². The number of ether oxygens (including phenoxy) is 1. The van der Waals surface area contributed by atoms with Gasteiger partial charge in [-0.1, -0.05) is 18.2 Å². The fourth-order valence-corrected chi connectivity index (χ4v) is 3.59. The molecule has 7 heteroatoms. The van der Waals surface area contributed by atoms with Crippen LogP contribution < -0.4 is 10.1 Å². The van der Waals surface area contributed by atoms with E-state index in [4.69, 9.17) is 4.74 Å². The molecule has 26 heavy (non-hydrogen) atoms. The topological polar surface area (TPSA) is 75.7 Å². The molecule has 0 fully saturated rings. The number of carbonyl (C=O) groups is 1. The number of carbonyl (C=O) groups excluding carboxylic acids is 1. The van der Waals surface area contributed by atoms with Crippen LogP contribution >= 0.6 is 0 Å². The SMILES string of the molecule is COc1cccc(CNC(=O)CN(C)S(=O)(=O)c2ccc(C)c(C)c2)c1. The highest BCUT2D eigenvalue weighted by molar-refractivity contribution is 7.89. The van der Waals surface area contributed by atoms with E-state index in [1.807, 2.05) is 38.1 Å². The minimum Gasteiger partial charge on any atom is -0.497 e. The largest absolute Gasteiger partial charge is 0.497 e. The Labute approximate surface area is 154 Å². The number of hydrogen-bond donors (Lipinski definition) is 1. The first-order valence-electron chi connectivity index (χ1n) is 8.17. The average molecular weight is 376 g/mol. The lowest BCUT2D eigenvalue weighted by atomic mass is 10.1. The molecule has 0 aliphatic carbocycles. The van der Waals surface area contributed by atoms with Crippen molar-refractivity contribution in [3.8, 4) is 5.75 Å². The summed E-state index contributed by atoms with van der Waals surface area (Å²) < 4.78 is 31.4. The zero-order valence-electron chi connectivity index (χ0n) is 15.4. The van der Waals surface area contributed by atoms with Crippen molar-refractivity contribution in [1.29, 1.82) is 0 Å². The molecule has 0 bridgehead atoms. The van der Waals surface area contributed by atoms with Crippen LogP contribution in [-0.2, 0) is 21.4 Å². The summed E-state index contributed by atoms with van der Waals surface area (Å²) in [6, 6.07) is 12.3. The monoisotopic (exact) mass is 376 g/mol. The minimum atomic E-state index is -3.71. The predicted molar refractivity (Wildman–Crippen MR) is 101 cm³/mol. The van der Waals surface area contributed by atoms with Crippen molar-refractivity contribution in [1.82, 2.24) is 9.62 Å². The van der Waals surface area contributed by atoms with Crippen LogP contribution in [-0.4, -0.2) is 39.3 Å². The standard InChI is InChI=1S/C19H24N2O4S/c1-14-8-9-18(10-15(14)2)26(23,24)21(3)13-19(22)20-12-16-6-5-7-17(11-16)25-4/h5-11H,12-13H2,1-4H3,(H,20,22). The Hall–Kier alpha value is -2.38. The highest BCUT2D eigenvalue weighted by Crippen LogP contribution is 2.18. The van der Waals surface area contributed by atoms with E-state index in [0.717, 1.165) is 21.0 Å². The second-order valence-electron chi connectivity index (χ2n) is 6.14. The average Bonchev–Trinajstić information content (AvgIpc) is 2.62. The van der Waals surface area contributed by atoms with Gasteiger partial charge in [0.15, 0.2) is 0 Å². The van der Waals surface area contributed by atoms with Gasteiger partial charge in [-0.15, -0.1) is 0 Å². The summed E-state index contributed by atoms with van der Waals surface area (Å²) in [7, 11) is -0.742. The van der Waals surface area contributed by atoms with E-state index in [2.05, 4.69) is 5.32 Å². The summed E-state index contributed by atoms with van der Waals surface area (Å²) in [6.45, 7) is 3.82. The van der Waals surface area contributed by atoms with E-state index in [9.17, 15) is 13.2 Å². The lowest BCUT2D eigenvalue weighted by Crippen LogP contribution is -2.38. The molecular formula is C19H24N2O4S. The molecular weight excluding hydrogens is 352 g/mol. The molecule has 0 spiro atoms. The first-order valence-corrected chi connectivity index (χ1v) is 9.61. The Morgan fingerprint density at radius 1 is 1.12 bits per heavy atom. The van der Waals surface area contributed by atoms with Gasteiger partial charge in [-0.2, -0.15) is 4.31 Å². The Kier molecular flexibility index (Phi) is 6.39. The van der Waals surface area contributed by atoms with Gasteiger partial charge in [0.2, 0.25) is 15.9 Å². The number of nitrogens with one attached hydrogen (secondary N) is 1. The van der Waals surface area contributed by atoms with Crippen molar-refractivity contribution in [2.75, 3.05) is 20.7 Å². The Bertz CT molecular complexity index is 894. The zero-order chi connectivity index (χ0) is 19.3. The molecule has 0 aliphatic rings. The molecule has 0 heterocycles. The molecule has 0 atom stereocenters. The first kappa shape index (κ1) is 19.9. The van der Waals surface area contributed by atoms with Crippen LogP contribution in [0.25, 0.3) is 0 Å². The molecule has 0 radical (unpaired) electrons. The lowest BCUT2D eigenvalue weighted by molar-refractivity contribution is -0.121. The van der Waals surface area contributed by atoms with E-state index >= 15 is 0 Å². The second-order valence-corrected chi connectivity index (χ2v) is 8.18. The number of nitrogens with zero attached hydrogens (tertiary/aromatic N) is 1. The first-order chi connectivity index (χ1) is 12.2. The number of likely N-dealkylation sites (N-methyl/N-ethyl adjacent to an activating group) is 1. The molecule has 0 saturated heterocycles. The molecule has 0 aromatic heterocycles.